The molecule has 0 saturated heterocycles. The van der Waals surface area contributed by atoms with Crippen LogP contribution in [0.3, 0.4) is 0 Å². The van der Waals surface area contributed by atoms with Crippen molar-refractivity contribution in [3.8, 4) is 0 Å². The topological polar surface area (TPSA) is 55.1 Å². The summed E-state index contributed by atoms with van der Waals surface area (Å²) in [5.74, 6) is 0.851. The highest BCUT2D eigenvalue weighted by Gasteiger charge is 2.15. The van der Waals surface area contributed by atoms with Crippen molar-refractivity contribution >= 4 is 23.4 Å². The van der Waals surface area contributed by atoms with Crippen LogP contribution in [0.1, 0.15) is 23.6 Å². The number of nitrogens with two attached hydrogens (primary N) is 1. The zero-order valence-electron chi connectivity index (χ0n) is 11.5. The number of rotatable bonds is 5. The lowest BCUT2D eigenvalue weighted by Gasteiger charge is -2.16. The first-order chi connectivity index (χ1) is 8.45. The third-order valence-electron chi connectivity index (χ3n) is 2.78. The number of hydrogen-bond acceptors (Lipinski definition) is 3. The molecule has 1 atom stereocenters. The molecule has 0 heterocycles. The highest BCUT2D eigenvalue weighted by atomic mass is 32.2. The summed E-state index contributed by atoms with van der Waals surface area (Å²) < 4.78 is 0. The van der Waals surface area contributed by atoms with E-state index in [4.69, 9.17) is 5.73 Å². The van der Waals surface area contributed by atoms with Gasteiger partial charge in [0.25, 0.3) is 0 Å². The van der Waals surface area contributed by atoms with Crippen LogP contribution in [-0.4, -0.2) is 23.5 Å². The number of nitrogens with one attached hydrogen (secondary N) is 1. The Bertz CT molecular complexity index is 409. The molecule has 1 rings (SSSR count). The summed E-state index contributed by atoms with van der Waals surface area (Å²) >= 11 is 1.58. The second-order valence-corrected chi connectivity index (χ2v) is 6.01. The summed E-state index contributed by atoms with van der Waals surface area (Å²) in [4.78, 5) is 12.0. The van der Waals surface area contributed by atoms with Crippen LogP contribution in [0.25, 0.3) is 0 Å². The van der Waals surface area contributed by atoms with E-state index in [1.807, 2.05) is 20.8 Å². The summed E-state index contributed by atoms with van der Waals surface area (Å²) in [6.07, 6.45) is 0. The smallest absolute Gasteiger partial charge is 0.237 e. The van der Waals surface area contributed by atoms with Crippen molar-refractivity contribution in [1.82, 2.24) is 0 Å². The lowest BCUT2D eigenvalue weighted by Crippen LogP contribution is -2.24. The summed E-state index contributed by atoms with van der Waals surface area (Å²) in [5.41, 5.74) is 9.81. The van der Waals surface area contributed by atoms with Gasteiger partial charge in [-0.05, 0) is 38.8 Å². The molecular weight excluding hydrogens is 244 g/mol. The molecule has 0 radical (unpaired) electrons. The number of thioether (sulfide) groups is 1. The second-order valence-electron chi connectivity index (χ2n) is 4.56. The Balaban J connectivity index is 2.76. The van der Waals surface area contributed by atoms with E-state index in [0.29, 0.717) is 6.54 Å². The molecule has 3 N–H and O–H groups in total. The Hall–Kier alpha value is -1.00. The van der Waals surface area contributed by atoms with Gasteiger partial charge in [0, 0.05) is 18.0 Å². The Kier molecular flexibility index (Phi) is 5.69. The predicted octanol–water partition coefficient (Wildman–Crippen LogP) is 2.63. The highest BCUT2D eigenvalue weighted by Crippen LogP contribution is 2.23. The summed E-state index contributed by atoms with van der Waals surface area (Å²) in [7, 11) is 0. The zero-order chi connectivity index (χ0) is 13.7. The van der Waals surface area contributed by atoms with E-state index >= 15 is 0 Å². The molecule has 1 aromatic carbocycles. The highest BCUT2D eigenvalue weighted by molar-refractivity contribution is 8.00. The minimum absolute atomic E-state index is 0.0449. The van der Waals surface area contributed by atoms with Gasteiger partial charge in [-0.1, -0.05) is 17.7 Å². The van der Waals surface area contributed by atoms with Crippen LogP contribution in [0, 0.1) is 20.8 Å². The number of carbonyl (C=O) groups is 1. The molecule has 0 fully saturated rings. The fourth-order valence-electron chi connectivity index (χ4n) is 1.92. The molecule has 0 aliphatic carbocycles. The first-order valence-electron chi connectivity index (χ1n) is 6.16. The molecule has 3 nitrogen and oxygen atoms in total. The first kappa shape index (κ1) is 15.1. The van der Waals surface area contributed by atoms with E-state index in [0.717, 1.165) is 22.6 Å². The number of amides is 1. The Labute approximate surface area is 114 Å². The third-order valence-corrected chi connectivity index (χ3v) is 3.97. The number of anilines is 1. The lowest BCUT2D eigenvalue weighted by molar-refractivity contribution is -0.115. The fraction of sp³-hybridized carbons (Fsp3) is 0.500. The molecule has 0 bridgehead atoms. The molecule has 100 valence electrons. The van der Waals surface area contributed by atoms with Crippen molar-refractivity contribution in [2.24, 2.45) is 5.73 Å². The molecule has 1 aromatic rings. The van der Waals surface area contributed by atoms with Gasteiger partial charge in [0.15, 0.2) is 0 Å². The van der Waals surface area contributed by atoms with Crippen LogP contribution in [-0.2, 0) is 4.79 Å². The van der Waals surface area contributed by atoms with Crippen LogP contribution in [0.2, 0.25) is 0 Å². The second kappa shape index (κ2) is 6.81. The normalized spacial score (nSPS) is 12.3. The Morgan fingerprint density at radius 3 is 2.39 bits per heavy atom. The molecule has 0 aliphatic rings. The summed E-state index contributed by atoms with van der Waals surface area (Å²) in [6.45, 7) is 8.62. The van der Waals surface area contributed by atoms with Crippen molar-refractivity contribution in [3.63, 3.8) is 0 Å². The third kappa shape index (κ3) is 4.03. The monoisotopic (exact) mass is 266 g/mol. The maximum absolute atomic E-state index is 12.0. The number of aryl methyl sites for hydroxylation is 3. The minimum atomic E-state index is -0.0753. The van der Waals surface area contributed by atoms with Crippen LogP contribution in [0.4, 0.5) is 5.69 Å². The van der Waals surface area contributed by atoms with Crippen LogP contribution in [0.15, 0.2) is 12.1 Å². The van der Waals surface area contributed by atoms with Crippen molar-refractivity contribution in [2.75, 3.05) is 17.6 Å². The maximum atomic E-state index is 12.0. The number of hydrogen-bond donors (Lipinski definition) is 2. The van der Waals surface area contributed by atoms with E-state index in [9.17, 15) is 4.79 Å². The van der Waals surface area contributed by atoms with E-state index in [-0.39, 0.29) is 11.2 Å². The molecule has 18 heavy (non-hydrogen) atoms. The van der Waals surface area contributed by atoms with Crippen LogP contribution < -0.4 is 11.1 Å². The molecule has 0 aliphatic heterocycles. The lowest BCUT2D eigenvalue weighted by atomic mass is 10.1. The SMILES string of the molecule is Cc1cc(C)c(NC(=O)C(C)SCCN)c(C)c1. The van der Waals surface area contributed by atoms with Gasteiger partial charge in [0.05, 0.1) is 5.25 Å². The average molecular weight is 266 g/mol. The predicted molar refractivity (Wildman–Crippen MR) is 80.3 cm³/mol. The van der Waals surface area contributed by atoms with Gasteiger partial charge in [0.2, 0.25) is 5.91 Å². The van der Waals surface area contributed by atoms with E-state index in [1.165, 1.54) is 5.56 Å². The van der Waals surface area contributed by atoms with Crippen LogP contribution in [0.5, 0.6) is 0 Å². The maximum Gasteiger partial charge on any atom is 0.237 e. The Morgan fingerprint density at radius 2 is 1.89 bits per heavy atom. The molecule has 4 heteroatoms. The average Bonchev–Trinajstić information content (AvgIpc) is 2.30. The molecule has 0 saturated carbocycles. The first-order valence-corrected chi connectivity index (χ1v) is 7.21. The zero-order valence-corrected chi connectivity index (χ0v) is 12.4. The summed E-state index contributed by atoms with van der Waals surface area (Å²) in [6, 6.07) is 4.17. The van der Waals surface area contributed by atoms with Gasteiger partial charge in [-0.2, -0.15) is 0 Å². The van der Waals surface area contributed by atoms with Gasteiger partial charge in [-0.3, -0.25) is 4.79 Å². The quantitative estimate of drug-likeness (QED) is 0.861. The van der Waals surface area contributed by atoms with E-state index in [1.54, 1.807) is 11.8 Å². The molecule has 0 aromatic heterocycles. The summed E-state index contributed by atoms with van der Waals surface area (Å²) in [5, 5.41) is 2.94. The van der Waals surface area contributed by atoms with Crippen molar-refractivity contribution in [1.29, 1.82) is 0 Å². The van der Waals surface area contributed by atoms with Crippen LogP contribution >= 0.6 is 11.8 Å². The molecule has 0 spiro atoms. The van der Waals surface area contributed by atoms with E-state index < -0.39 is 0 Å². The molecule has 1 amide bonds. The number of carbonyl (C=O) groups excluding carboxylic acids is 1. The minimum Gasteiger partial charge on any atom is -0.330 e. The van der Waals surface area contributed by atoms with Gasteiger partial charge in [-0.25, -0.2) is 0 Å². The van der Waals surface area contributed by atoms with E-state index in [2.05, 4.69) is 24.4 Å². The molecular formula is C14H22N2OS. The van der Waals surface area contributed by atoms with Crippen molar-refractivity contribution < 1.29 is 4.79 Å². The fourth-order valence-corrected chi connectivity index (χ4v) is 2.62. The molecule has 1 unspecified atom stereocenters. The van der Waals surface area contributed by atoms with Gasteiger partial charge in [-0.15, -0.1) is 11.8 Å². The van der Waals surface area contributed by atoms with Crippen molar-refractivity contribution in [3.05, 3.63) is 28.8 Å². The van der Waals surface area contributed by atoms with Gasteiger partial charge in [0.1, 0.15) is 0 Å². The van der Waals surface area contributed by atoms with Gasteiger partial charge < -0.3 is 11.1 Å². The Morgan fingerprint density at radius 1 is 1.33 bits per heavy atom. The van der Waals surface area contributed by atoms with Gasteiger partial charge >= 0.3 is 0 Å². The standard InChI is InChI=1S/C14H22N2OS/c1-9-7-10(2)13(11(3)8-9)16-14(17)12(4)18-6-5-15/h7-8,12H,5-6,15H2,1-4H3,(H,16,17). The van der Waals surface area contributed by atoms with Crippen molar-refractivity contribution in [2.45, 2.75) is 32.9 Å². The number of benzene rings is 1. The largest absolute Gasteiger partial charge is 0.330 e.